The minimum absolute atomic E-state index is 0.0525. The molecule has 10 aromatic carbocycles. The molecule has 1 aliphatic carbocycles. The molecule has 4 heterocycles. The number of hydrogen-bond acceptors (Lipinski definition) is 4. The van der Waals surface area contributed by atoms with Gasteiger partial charge in [-0.2, -0.15) is 0 Å². The fourth-order valence-corrected chi connectivity index (χ4v) is 12.0. The van der Waals surface area contributed by atoms with Crippen LogP contribution in [0.3, 0.4) is 0 Å². The number of nitrogens with zero attached hydrogens (tertiary/aromatic N) is 5. The minimum atomic E-state index is -0.0525. The van der Waals surface area contributed by atoms with E-state index >= 15 is 0 Å². The highest BCUT2D eigenvalue weighted by Gasteiger charge is 2.35. The summed E-state index contributed by atoms with van der Waals surface area (Å²) in [5.41, 5.74) is 16.5. The summed E-state index contributed by atoms with van der Waals surface area (Å²) in [6.07, 6.45) is 3.70. The highest BCUT2D eigenvalue weighted by Crippen LogP contribution is 2.50. The number of hydrogen-bond donors (Lipinski definition) is 0. The number of fused-ring (bicyclic) bond motifs is 14. The van der Waals surface area contributed by atoms with Gasteiger partial charge in [0.2, 0.25) is 0 Å². The van der Waals surface area contributed by atoms with Gasteiger partial charge in [-0.05, 0) is 131 Å². The normalized spacial score (nSPS) is 13.0. The molecule has 0 fully saturated rings. The lowest BCUT2D eigenvalue weighted by molar-refractivity contribution is 0.660. The molecular weight excluding hydrogens is 875 g/mol. The molecule has 1 aliphatic rings. The van der Waals surface area contributed by atoms with E-state index in [-0.39, 0.29) is 5.41 Å². The molecule has 0 amide bonds. The molecular formula is C67H43N5. The van der Waals surface area contributed by atoms with Crippen LogP contribution in [0.25, 0.3) is 138 Å². The van der Waals surface area contributed by atoms with Gasteiger partial charge in [0.1, 0.15) is 5.82 Å². The molecule has 0 radical (unpaired) electrons. The van der Waals surface area contributed by atoms with E-state index in [0.717, 1.165) is 71.8 Å². The van der Waals surface area contributed by atoms with Crippen molar-refractivity contribution in [3.8, 4) is 61.8 Å². The maximum Gasteiger partial charge on any atom is 0.164 e. The molecule has 0 spiro atoms. The molecule has 0 atom stereocenters. The van der Waals surface area contributed by atoms with Crippen molar-refractivity contribution in [2.75, 3.05) is 0 Å². The molecule has 0 bridgehead atoms. The van der Waals surface area contributed by atoms with E-state index in [1.807, 2.05) is 24.5 Å². The highest BCUT2D eigenvalue weighted by molar-refractivity contribution is 6.29. The van der Waals surface area contributed by atoms with Crippen molar-refractivity contribution in [2.45, 2.75) is 19.3 Å². The highest BCUT2D eigenvalue weighted by atomic mass is 15.1. The summed E-state index contributed by atoms with van der Waals surface area (Å²) in [4.78, 5) is 20.7. The largest absolute Gasteiger partial charge is 0.294 e. The van der Waals surface area contributed by atoms with Crippen molar-refractivity contribution < 1.29 is 0 Å². The summed E-state index contributed by atoms with van der Waals surface area (Å²) >= 11 is 0. The lowest BCUT2D eigenvalue weighted by atomic mass is 9.82. The molecule has 4 aromatic heterocycles. The zero-order chi connectivity index (χ0) is 47.7. The van der Waals surface area contributed by atoms with Crippen LogP contribution in [0.4, 0.5) is 0 Å². The average Bonchev–Trinajstić information content (AvgIpc) is 3.88. The number of para-hydroxylation sites is 2. The van der Waals surface area contributed by atoms with Crippen molar-refractivity contribution in [1.82, 2.24) is 24.5 Å². The Kier molecular flexibility index (Phi) is 8.64. The van der Waals surface area contributed by atoms with E-state index in [2.05, 4.69) is 219 Å². The van der Waals surface area contributed by atoms with Crippen LogP contribution in [-0.2, 0) is 5.41 Å². The van der Waals surface area contributed by atoms with E-state index in [1.165, 1.54) is 71.3 Å². The first-order valence-electron chi connectivity index (χ1n) is 24.7. The number of rotatable bonds is 5. The van der Waals surface area contributed by atoms with E-state index in [1.54, 1.807) is 0 Å². The first-order valence-corrected chi connectivity index (χ1v) is 24.7. The molecule has 0 aliphatic heterocycles. The van der Waals surface area contributed by atoms with Gasteiger partial charge in [0.15, 0.2) is 5.82 Å². The number of pyridine rings is 2. The number of aromatic nitrogens is 5. The Hall–Kier alpha value is -9.32. The van der Waals surface area contributed by atoms with E-state index in [9.17, 15) is 0 Å². The van der Waals surface area contributed by atoms with Crippen LogP contribution in [0, 0.1) is 0 Å². The predicted molar refractivity (Wildman–Crippen MR) is 299 cm³/mol. The summed E-state index contributed by atoms with van der Waals surface area (Å²) in [6.45, 7) is 4.69. The zero-order valence-electron chi connectivity index (χ0n) is 39.6. The fraction of sp³-hybridized carbons (Fsp3) is 0.0448. The molecule has 0 saturated heterocycles. The summed E-state index contributed by atoms with van der Waals surface area (Å²) < 4.78 is 2.35. The topological polar surface area (TPSA) is 56.5 Å². The van der Waals surface area contributed by atoms with Crippen molar-refractivity contribution >= 4 is 75.9 Å². The van der Waals surface area contributed by atoms with Crippen molar-refractivity contribution in [3.63, 3.8) is 0 Å². The van der Waals surface area contributed by atoms with Gasteiger partial charge >= 0.3 is 0 Å². The molecule has 0 N–H and O–H groups in total. The smallest absolute Gasteiger partial charge is 0.164 e. The third-order valence-electron chi connectivity index (χ3n) is 15.5. The van der Waals surface area contributed by atoms with E-state index in [0.29, 0.717) is 5.82 Å². The molecule has 14 aromatic rings. The first-order chi connectivity index (χ1) is 35.4. The monoisotopic (exact) mass is 917 g/mol. The zero-order valence-corrected chi connectivity index (χ0v) is 39.6. The van der Waals surface area contributed by atoms with Crippen molar-refractivity contribution in [1.29, 1.82) is 0 Å². The predicted octanol–water partition coefficient (Wildman–Crippen LogP) is 17.1. The van der Waals surface area contributed by atoms with Crippen LogP contribution >= 0.6 is 0 Å². The second-order valence-corrected chi connectivity index (χ2v) is 19.8. The van der Waals surface area contributed by atoms with E-state index in [4.69, 9.17) is 19.9 Å². The van der Waals surface area contributed by atoms with E-state index < -0.39 is 0 Å². The lowest BCUT2D eigenvalue weighted by Crippen LogP contribution is -2.14. The SMILES string of the molecule is CC1(C)c2ccccc2-c2cc(-c3ccc4c5ccccc5c5cc6c(cc5c4c3)c3cc(-c4ccccc4)ccc3n6-c3cc(-c4cccc5cccnc45)nc(-c4cccc5cccnc45)n3)ccc21. The van der Waals surface area contributed by atoms with Gasteiger partial charge in [-0.3, -0.25) is 14.5 Å². The Morgan fingerprint density at radius 3 is 1.74 bits per heavy atom. The molecule has 15 rings (SSSR count). The quantitative estimate of drug-likeness (QED) is 0.161. The molecule has 72 heavy (non-hydrogen) atoms. The van der Waals surface area contributed by atoms with Crippen LogP contribution < -0.4 is 0 Å². The molecule has 0 saturated carbocycles. The molecule has 5 heteroatoms. The van der Waals surface area contributed by atoms with Crippen LogP contribution in [0.1, 0.15) is 25.0 Å². The lowest BCUT2D eigenvalue weighted by Gasteiger charge is -2.21. The third-order valence-corrected chi connectivity index (χ3v) is 15.5. The van der Waals surface area contributed by atoms with Crippen LogP contribution in [0.15, 0.2) is 225 Å². The minimum Gasteiger partial charge on any atom is -0.294 e. The van der Waals surface area contributed by atoms with Gasteiger partial charge in [0, 0.05) is 56.5 Å². The van der Waals surface area contributed by atoms with Gasteiger partial charge in [0.25, 0.3) is 0 Å². The number of benzene rings is 10. The Labute approximate surface area is 415 Å². The Morgan fingerprint density at radius 2 is 0.917 bits per heavy atom. The van der Waals surface area contributed by atoms with Gasteiger partial charge in [-0.25, -0.2) is 9.97 Å². The van der Waals surface area contributed by atoms with Gasteiger partial charge in [0.05, 0.1) is 27.8 Å². The first kappa shape index (κ1) is 40.6. The van der Waals surface area contributed by atoms with Crippen molar-refractivity contribution in [3.05, 3.63) is 236 Å². The summed E-state index contributed by atoms with van der Waals surface area (Å²) in [5, 5.41) is 11.7. The van der Waals surface area contributed by atoms with Crippen LogP contribution in [0.2, 0.25) is 0 Å². The average molecular weight is 918 g/mol. The van der Waals surface area contributed by atoms with Crippen LogP contribution in [0.5, 0.6) is 0 Å². The summed E-state index contributed by atoms with van der Waals surface area (Å²) in [6, 6.07) is 77.2. The Morgan fingerprint density at radius 1 is 0.347 bits per heavy atom. The Balaban J connectivity index is 1.03. The van der Waals surface area contributed by atoms with Crippen LogP contribution in [-0.4, -0.2) is 24.5 Å². The third kappa shape index (κ3) is 6.01. The maximum atomic E-state index is 5.56. The van der Waals surface area contributed by atoms with Gasteiger partial charge < -0.3 is 0 Å². The molecule has 0 unspecified atom stereocenters. The summed E-state index contributed by atoms with van der Waals surface area (Å²) in [5.74, 6) is 1.36. The standard InChI is InChI=1S/C67H43N5/c1-67(2)58-25-9-8-22-49(58)55-35-45(27-30-59(55)67)44-26-29-48-46-20-6-7-21-47(46)54-38-62-57(37-53(54)52(48)34-44)56-36-43(40-14-4-3-5-15-40)28-31-61(56)72(62)63-39-60(50-23-10-16-41-18-12-32-68-64(41)50)70-66(71-63)51-24-11-17-42-19-13-33-69-65(42)51/h3-39H,1-2H3. The van der Waals surface area contributed by atoms with Gasteiger partial charge in [-0.1, -0.05) is 166 Å². The van der Waals surface area contributed by atoms with Crippen molar-refractivity contribution in [2.24, 2.45) is 0 Å². The second-order valence-electron chi connectivity index (χ2n) is 19.8. The molecule has 336 valence electrons. The second kappa shape index (κ2) is 15.3. The summed E-state index contributed by atoms with van der Waals surface area (Å²) in [7, 11) is 0. The molecule has 5 nitrogen and oxygen atoms in total. The van der Waals surface area contributed by atoms with Gasteiger partial charge in [-0.15, -0.1) is 0 Å². The Bertz CT molecular complexity index is 4500. The maximum absolute atomic E-state index is 5.56. The fourth-order valence-electron chi connectivity index (χ4n) is 12.0.